The van der Waals surface area contributed by atoms with Crippen molar-refractivity contribution in [3.63, 3.8) is 0 Å². The van der Waals surface area contributed by atoms with Gasteiger partial charge in [0.25, 0.3) is 0 Å². The Hall–Kier alpha value is -1.15. The molecule has 1 aliphatic rings. The first kappa shape index (κ1) is 18.2. The van der Waals surface area contributed by atoms with E-state index < -0.39 is 10.0 Å². The lowest BCUT2D eigenvalue weighted by molar-refractivity contribution is -0.122. The van der Waals surface area contributed by atoms with E-state index in [1.54, 1.807) is 6.07 Å². The molecule has 8 heteroatoms. The van der Waals surface area contributed by atoms with Crippen molar-refractivity contribution in [3.8, 4) is 0 Å². The number of nitrogens with zero attached hydrogens (tertiary/aromatic N) is 2. The van der Waals surface area contributed by atoms with Gasteiger partial charge in [0, 0.05) is 31.2 Å². The normalized spacial score (nSPS) is 17.7. The summed E-state index contributed by atoms with van der Waals surface area (Å²) in [5, 5.41) is 3.51. The number of halogens is 1. The maximum atomic E-state index is 12.0. The molecule has 0 aromatic heterocycles. The van der Waals surface area contributed by atoms with Crippen LogP contribution in [0.1, 0.15) is 12.0 Å². The molecule has 0 bridgehead atoms. The highest BCUT2D eigenvalue weighted by molar-refractivity contribution is 7.88. The van der Waals surface area contributed by atoms with E-state index in [0.29, 0.717) is 31.2 Å². The highest BCUT2D eigenvalue weighted by Gasteiger charge is 2.22. The molecule has 1 aliphatic heterocycles. The Morgan fingerprint density at radius 3 is 2.74 bits per heavy atom. The Morgan fingerprint density at radius 2 is 2.04 bits per heavy atom. The lowest BCUT2D eigenvalue weighted by Crippen LogP contribution is -2.39. The molecule has 0 radical (unpaired) electrons. The molecule has 0 atom stereocenters. The molecule has 1 saturated heterocycles. The molecule has 1 fully saturated rings. The number of amides is 1. The van der Waals surface area contributed by atoms with E-state index in [0.717, 1.165) is 18.5 Å². The Balaban J connectivity index is 1.79. The van der Waals surface area contributed by atoms with Crippen molar-refractivity contribution in [3.05, 3.63) is 34.9 Å². The zero-order chi connectivity index (χ0) is 16.9. The summed E-state index contributed by atoms with van der Waals surface area (Å²) in [4.78, 5) is 14.0. The lowest BCUT2D eigenvalue weighted by Gasteiger charge is -2.20. The summed E-state index contributed by atoms with van der Waals surface area (Å²) in [6.45, 7) is 2.94. The third kappa shape index (κ3) is 6.10. The molecule has 2 rings (SSSR count). The Bertz CT molecular complexity index is 651. The zero-order valence-electron chi connectivity index (χ0n) is 13.2. The second-order valence-electron chi connectivity index (χ2n) is 5.70. The van der Waals surface area contributed by atoms with Crippen LogP contribution in [0.4, 0.5) is 0 Å². The molecule has 1 heterocycles. The number of rotatable bonds is 5. The Labute approximate surface area is 142 Å². The second-order valence-corrected chi connectivity index (χ2v) is 8.12. The van der Waals surface area contributed by atoms with E-state index in [9.17, 15) is 13.2 Å². The highest BCUT2D eigenvalue weighted by atomic mass is 35.5. The van der Waals surface area contributed by atoms with Gasteiger partial charge < -0.3 is 5.32 Å². The van der Waals surface area contributed by atoms with Crippen LogP contribution in [0.3, 0.4) is 0 Å². The van der Waals surface area contributed by atoms with Crippen molar-refractivity contribution in [2.75, 3.05) is 39.0 Å². The Morgan fingerprint density at radius 1 is 1.26 bits per heavy atom. The second kappa shape index (κ2) is 8.10. The minimum atomic E-state index is -3.16. The van der Waals surface area contributed by atoms with Crippen molar-refractivity contribution >= 4 is 27.5 Å². The summed E-state index contributed by atoms with van der Waals surface area (Å²) in [6.07, 6.45) is 1.95. The number of carbonyl (C=O) groups excluding carboxylic acids is 1. The summed E-state index contributed by atoms with van der Waals surface area (Å²) in [5.74, 6) is -0.0715. The van der Waals surface area contributed by atoms with Crippen molar-refractivity contribution in [2.45, 2.75) is 13.0 Å². The molecular weight excluding hydrogens is 338 g/mol. The van der Waals surface area contributed by atoms with Crippen LogP contribution >= 0.6 is 11.6 Å². The van der Waals surface area contributed by atoms with Gasteiger partial charge in [0.15, 0.2) is 0 Å². The first-order chi connectivity index (χ1) is 10.8. The number of hydrogen-bond acceptors (Lipinski definition) is 4. The summed E-state index contributed by atoms with van der Waals surface area (Å²) < 4.78 is 24.6. The van der Waals surface area contributed by atoms with E-state index in [2.05, 4.69) is 5.32 Å². The molecule has 6 nitrogen and oxygen atoms in total. The van der Waals surface area contributed by atoms with Crippen LogP contribution in [0, 0.1) is 0 Å². The molecule has 0 spiro atoms. The van der Waals surface area contributed by atoms with E-state index in [1.165, 1.54) is 10.6 Å². The van der Waals surface area contributed by atoms with Gasteiger partial charge in [-0.2, -0.15) is 0 Å². The Kier molecular flexibility index (Phi) is 6.41. The number of nitrogens with one attached hydrogen (secondary N) is 1. The first-order valence-electron chi connectivity index (χ1n) is 7.53. The van der Waals surface area contributed by atoms with E-state index >= 15 is 0 Å². The highest BCUT2D eigenvalue weighted by Crippen LogP contribution is 2.10. The monoisotopic (exact) mass is 359 g/mol. The van der Waals surface area contributed by atoms with Crippen LogP contribution in [-0.2, 0) is 21.4 Å². The maximum Gasteiger partial charge on any atom is 0.234 e. The first-order valence-corrected chi connectivity index (χ1v) is 9.76. The molecule has 0 aliphatic carbocycles. The maximum absolute atomic E-state index is 12.0. The molecular formula is C15H22ClN3O3S. The van der Waals surface area contributed by atoms with Gasteiger partial charge in [-0.05, 0) is 30.7 Å². The topological polar surface area (TPSA) is 69.7 Å². The van der Waals surface area contributed by atoms with Gasteiger partial charge in [0.1, 0.15) is 0 Å². The SMILES string of the molecule is CS(=O)(=O)N1CCCN(CC(=O)NCc2cccc(Cl)c2)CC1. The van der Waals surface area contributed by atoms with Crippen molar-refractivity contribution in [1.82, 2.24) is 14.5 Å². The molecule has 1 N–H and O–H groups in total. The van der Waals surface area contributed by atoms with Crippen LogP contribution < -0.4 is 5.32 Å². The minimum Gasteiger partial charge on any atom is -0.351 e. The number of hydrogen-bond donors (Lipinski definition) is 1. The minimum absolute atomic E-state index is 0.0715. The quantitative estimate of drug-likeness (QED) is 0.849. The summed E-state index contributed by atoms with van der Waals surface area (Å²) in [6, 6.07) is 7.36. The summed E-state index contributed by atoms with van der Waals surface area (Å²) in [5.41, 5.74) is 0.949. The van der Waals surface area contributed by atoms with E-state index in [4.69, 9.17) is 11.6 Å². The number of carbonyl (C=O) groups is 1. The number of sulfonamides is 1. The largest absolute Gasteiger partial charge is 0.351 e. The predicted octanol–water partition coefficient (Wildman–Crippen LogP) is 0.924. The van der Waals surface area contributed by atoms with Crippen LogP contribution in [-0.4, -0.2) is 62.5 Å². The van der Waals surface area contributed by atoms with Gasteiger partial charge >= 0.3 is 0 Å². The van der Waals surface area contributed by atoms with Crippen molar-refractivity contribution in [2.24, 2.45) is 0 Å². The molecule has 1 aromatic carbocycles. The van der Waals surface area contributed by atoms with Gasteiger partial charge in [-0.1, -0.05) is 23.7 Å². The predicted molar refractivity (Wildman–Crippen MR) is 90.8 cm³/mol. The number of benzene rings is 1. The molecule has 128 valence electrons. The van der Waals surface area contributed by atoms with Crippen LogP contribution in [0.5, 0.6) is 0 Å². The van der Waals surface area contributed by atoms with Crippen molar-refractivity contribution < 1.29 is 13.2 Å². The summed E-state index contributed by atoms with van der Waals surface area (Å²) >= 11 is 5.91. The third-order valence-corrected chi connectivity index (χ3v) is 5.30. The third-order valence-electron chi connectivity index (χ3n) is 3.76. The van der Waals surface area contributed by atoms with Crippen molar-refractivity contribution in [1.29, 1.82) is 0 Å². The summed E-state index contributed by atoms with van der Waals surface area (Å²) in [7, 11) is -3.16. The van der Waals surface area contributed by atoms with Gasteiger partial charge in [-0.25, -0.2) is 12.7 Å². The molecule has 0 saturated carbocycles. The molecule has 0 unspecified atom stereocenters. The fourth-order valence-electron chi connectivity index (χ4n) is 2.54. The van der Waals surface area contributed by atoms with Crippen LogP contribution in [0.25, 0.3) is 0 Å². The average molecular weight is 360 g/mol. The lowest BCUT2D eigenvalue weighted by atomic mass is 10.2. The fraction of sp³-hybridized carbons (Fsp3) is 0.533. The fourth-order valence-corrected chi connectivity index (χ4v) is 3.63. The molecule has 1 aromatic rings. The zero-order valence-corrected chi connectivity index (χ0v) is 14.7. The van der Waals surface area contributed by atoms with E-state index in [-0.39, 0.29) is 12.5 Å². The van der Waals surface area contributed by atoms with Gasteiger partial charge in [-0.3, -0.25) is 9.69 Å². The van der Waals surface area contributed by atoms with Gasteiger partial charge in [0.05, 0.1) is 12.8 Å². The average Bonchev–Trinajstić information content (AvgIpc) is 2.70. The van der Waals surface area contributed by atoms with Crippen LogP contribution in [0.2, 0.25) is 5.02 Å². The molecule has 23 heavy (non-hydrogen) atoms. The van der Waals surface area contributed by atoms with Gasteiger partial charge in [0.2, 0.25) is 15.9 Å². The molecule has 1 amide bonds. The van der Waals surface area contributed by atoms with Gasteiger partial charge in [-0.15, -0.1) is 0 Å². The smallest absolute Gasteiger partial charge is 0.234 e. The standard InChI is InChI=1S/C15H22ClN3O3S/c1-23(21,22)19-7-3-6-18(8-9-19)12-15(20)17-11-13-4-2-5-14(16)10-13/h2,4-5,10H,3,6-9,11-12H2,1H3,(H,17,20). The van der Waals surface area contributed by atoms with E-state index in [1.807, 2.05) is 23.1 Å². The van der Waals surface area contributed by atoms with Crippen LogP contribution in [0.15, 0.2) is 24.3 Å².